The molecule has 0 bridgehead atoms. The fourth-order valence-corrected chi connectivity index (χ4v) is 2.80. The molecular formula is C15H23BrN2O2. The number of nitrogens with one attached hydrogen (secondary N) is 1. The van der Waals surface area contributed by atoms with Crippen LogP contribution < -0.4 is 5.32 Å². The maximum atomic E-state index is 11.1. The van der Waals surface area contributed by atoms with Crippen LogP contribution in [-0.2, 0) is 6.42 Å². The van der Waals surface area contributed by atoms with Crippen molar-refractivity contribution in [2.75, 3.05) is 6.54 Å². The van der Waals surface area contributed by atoms with Crippen molar-refractivity contribution in [3.63, 3.8) is 0 Å². The highest BCUT2D eigenvalue weighted by Gasteiger charge is 2.20. The largest absolute Gasteiger partial charge is 0.314 e. The van der Waals surface area contributed by atoms with Gasteiger partial charge in [-0.15, -0.1) is 0 Å². The molecule has 0 amide bonds. The van der Waals surface area contributed by atoms with E-state index in [4.69, 9.17) is 0 Å². The number of hydrogen-bond donors (Lipinski definition) is 1. The van der Waals surface area contributed by atoms with Gasteiger partial charge in [-0.05, 0) is 37.8 Å². The summed E-state index contributed by atoms with van der Waals surface area (Å²) < 4.78 is 0.747. The van der Waals surface area contributed by atoms with Crippen molar-refractivity contribution >= 4 is 21.6 Å². The summed E-state index contributed by atoms with van der Waals surface area (Å²) >= 11 is 3.29. The van der Waals surface area contributed by atoms with Gasteiger partial charge in [-0.3, -0.25) is 10.1 Å². The molecular weight excluding hydrogens is 320 g/mol. The first-order chi connectivity index (χ1) is 9.49. The van der Waals surface area contributed by atoms with Crippen LogP contribution in [0, 0.1) is 16.0 Å². The lowest BCUT2D eigenvalue weighted by Crippen LogP contribution is -2.35. The van der Waals surface area contributed by atoms with Gasteiger partial charge in [-0.1, -0.05) is 42.8 Å². The van der Waals surface area contributed by atoms with Gasteiger partial charge in [-0.25, -0.2) is 0 Å². The van der Waals surface area contributed by atoms with Crippen molar-refractivity contribution in [3.05, 3.63) is 38.3 Å². The molecule has 0 spiro atoms. The minimum absolute atomic E-state index is 0.205. The monoisotopic (exact) mass is 342 g/mol. The Bertz CT molecular complexity index is 451. The normalized spacial score (nSPS) is 14.0. The van der Waals surface area contributed by atoms with Crippen LogP contribution in [0.25, 0.3) is 0 Å². The predicted octanol–water partition coefficient (Wildman–Crippen LogP) is 4.31. The minimum Gasteiger partial charge on any atom is -0.314 e. The van der Waals surface area contributed by atoms with E-state index in [2.05, 4.69) is 42.0 Å². The Balaban J connectivity index is 2.83. The van der Waals surface area contributed by atoms with E-state index in [9.17, 15) is 10.1 Å². The van der Waals surface area contributed by atoms with Crippen LogP contribution in [0.1, 0.15) is 39.2 Å². The van der Waals surface area contributed by atoms with Gasteiger partial charge in [-0.2, -0.15) is 0 Å². The van der Waals surface area contributed by atoms with Gasteiger partial charge in [0.05, 0.1) is 4.92 Å². The highest BCUT2D eigenvalue weighted by Crippen LogP contribution is 2.26. The van der Waals surface area contributed by atoms with E-state index in [1.807, 2.05) is 12.1 Å². The third-order valence-corrected chi connectivity index (χ3v) is 4.06. The Labute approximate surface area is 129 Å². The summed E-state index contributed by atoms with van der Waals surface area (Å²) in [5.41, 5.74) is 1.01. The minimum atomic E-state index is -0.298. The summed E-state index contributed by atoms with van der Waals surface area (Å²) in [6, 6.07) is 5.71. The van der Waals surface area contributed by atoms with Gasteiger partial charge in [0.1, 0.15) is 0 Å². The number of nitrogens with zero attached hydrogens (tertiary/aromatic N) is 1. The van der Waals surface area contributed by atoms with Crippen LogP contribution in [0.3, 0.4) is 0 Å². The second kappa shape index (κ2) is 8.37. The molecule has 0 heterocycles. The predicted molar refractivity (Wildman–Crippen MR) is 86.0 cm³/mol. The summed E-state index contributed by atoms with van der Waals surface area (Å²) in [4.78, 5) is 10.8. The fourth-order valence-electron chi connectivity index (χ4n) is 2.45. The molecule has 112 valence electrons. The standard InChI is InChI=1S/C15H23BrN2O2/c1-4-8-17-14(5-2)11(3)9-12-6-7-13(16)10-15(12)18(19)20/h6-7,10-11,14,17H,4-5,8-9H2,1-3H3. The van der Waals surface area contributed by atoms with E-state index in [1.165, 1.54) is 0 Å². The lowest BCUT2D eigenvalue weighted by molar-refractivity contribution is -0.385. The third-order valence-electron chi connectivity index (χ3n) is 3.57. The zero-order valence-electron chi connectivity index (χ0n) is 12.4. The van der Waals surface area contributed by atoms with Crippen molar-refractivity contribution in [2.45, 2.75) is 46.1 Å². The number of nitro benzene ring substituents is 1. The van der Waals surface area contributed by atoms with Crippen LogP contribution in [-0.4, -0.2) is 17.5 Å². The number of rotatable bonds is 8. The van der Waals surface area contributed by atoms with Crippen LogP contribution in [0.2, 0.25) is 0 Å². The van der Waals surface area contributed by atoms with Gasteiger partial charge in [0.15, 0.2) is 0 Å². The van der Waals surface area contributed by atoms with E-state index in [-0.39, 0.29) is 10.6 Å². The number of hydrogen-bond acceptors (Lipinski definition) is 3. The van der Waals surface area contributed by atoms with Gasteiger partial charge >= 0.3 is 0 Å². The first-order valence-corrected chi connectivity index (χ1v) is 7.95. The lowest BCUT2D eigenvalue weighted by Gasteiger charge is -2.24. The molecule has 0 fully saturated rings. The van der Waals surface area contributed by atoms with Crippen molar-refractivity contribution in [2.24, 2.45) is 5.92 Å². The average molecular weight is 343 g/mol. The molecule has 0 aromatic heterocycles. The number of halogens is 1. The molecule has 4 nitrogen and oxygen atoms in total. The van der Waals surface area contributed by atoms with Crippen LogP contribution in [0.15, 0.2) is 22.7 Å². The molecule has 5 heteroatoms. The molecule has 1 N–H and O–H groups in total. The molecule has 0 aliphatic carbocycles. The molecule has 0 aliphatic rings. The molecule has 0 saturated carbocycles. The van der Waals surface area contributed by atoms with E-state index in [1.54, 1.807) is 6.07 Å². The molecule has 1 rings (SSSR count). The van der Waals surface area contributed by atoms with E-state index >= 15 is 0 Å². The summed E-state index contributed by atoms with van der Waals surface area (Å²) in [5, 5.41) is 14.7. The fraction of sp³-hybridized carbons (Fsp3) is 0.600. The smallest absolute Gasteiger partial charge is 0.273 e. The van der Waals surface area contributed by atoms with E-state index in [0.29, 0.717) is 12.0 Å². The van der Waals surface area contributed by atoms with E-state index in [0.717, 1.165) is 35.8 Å². The third kappa shape index (κ3) is 4.87. The van der Waals surface area contributed by atoms with Crippen molar-refractivity contribution in [3.8, 4) is 0 Å². The van der Waals surface area contributed by atoms with Gasteiger partial charge in [0.25, 0.3) is 5.69 Å². The second-order valence-electron chi connectivity index (χ2n) is 5.18. The molecule has 1 aromatic carbocycles. The second-order valence-corrected chi connectivity index (χ2v) is 6.10. The molecule has 0 aliphatic heterocycles. The van der Waals surface area contributed by atoms with Crippen LogP contribution >= 0.6 is 15.9 Å². The first-order valence-electron chi connectivity index (χ1n) is 7.15. The zero-order chi connectivity index (χ0) is 15.1. The Hall–Kier alpha value is -0.940. The quantitative estimate of drug-likeness (QED) is 0.565. The number of nitro groups is 1. The molecule has 0 radical (unpaired) electrons. The van der Waals surface area contributed by atoms with Gasteiger partial charge < -0.3 is 5.32 Å². The Morgan fingerprint density at radius 2 is 2.10 bits per heavy atom. The maximum absolute atomic E-state index is 11.1. The van der Waals surface area contributed by atoms with Crippen LogP contribution in [0.5, 0.6) is 0 Å². The SMILES string of the molecule is CCCNC(CC)C(C)Cc1ccc(Br)cc1[N+](=O)[O-]. The summed E-state index contributed by atoms with van der Waals surface area (Å²) in [5.74, 6) is 0.367. The lowest BCUT2D eigenvalue weighted by atomic mass is 9.91. The van der Waals surface area contributed by atoms with Gasteiger partial charge in [0.2, 0.25) is 0 Å². The molecule has 20 heavy (non-hydrogen) atoms. The van der Waals surface area contributed by atoms with E-state index < -0.39 is 0 Å². The number of benzene rings is 1. The van der Waals surface area contributed by atoms with Crippen LogP contribution in [0.4, 0.5) is 5.69 Å². The van der Waals surface area contributed by atoms with Gasteiger partial charge in [0, 0.05) is 22.1 Å². The maximum Gasteiger partial charge on any atom is 0.273 e. The molecule has 0 saturated heterocycles. The van der Waals surface area contributed by atoms with Crippen molar-refractivity contribution in [1.29, 1.82) is 0 Å². The Morgan fingerprint density at radius 1 is 1.40 bits per heavy atom. The summed E-state index contributed by atoms with van der Waals surface area (Å²) in [7, 11) is 0. The van der Waals surface area contributed by atoms with Crippen molar-refractivity contribution < 1.29 is 4.92 Å². The highest BCUT2D eigenvalue weighted by atomic mass is 79.9. The zero-order valence-corrected chi connectivity index (χ0v) is 13.9. The van der Waals surface area contributed by atoms with Crippen molar-refractivity contribution in [1.82, 2.24) is 5.32 Å². The Kier molecular flexibility index (Phi) is 7.16. The Morgan fingerprint density at radius 3 is 2.65 bits per heavy atom. The first kappa shape index (κ1) is 17.1. The molecule has 2 atom stereocenters. The highest BCUT2D eigenvalue weighted by molar-refractivity contribution is 9.10. The molecule has 2 unspecified atom stereocenters. The summed E-state index contributed by atoms with van der Waals surface area (Å²) in [6.07, 6.45) is 2.85. The average Bonchev–Trinajstić information content (AvgIpc) is 2.41. The molecule has 1 aromatic rings. The topological polar surface area (TPSA) is 55.2 Å². The summed E-state index contributed by atoms with van der Waals surface area (Å²) in [6.45, 7) is 7.44.